The van der Waals surface area contributed by atoms with Gasteiger partial charge in [0.25, 0.3) is 5.91 Å². The number of likely N-dealkylation sites (tertiary alicyclic amines) is 1. The Morgan fingerprint density at radius 2 is 1.73 bits per heavy atom. The fraction of sp³-hybridized carbons (Fsp3) is 0.346. The highest BCUT2D eigenvalue weighted by Gasteiger charge is 2.27. The third-order valence-corrected chi connectivity index (χ3v) is 5.95. The van der Waals surface area contributed by atoms with Gasteiger partial charge in [0.1, 0.15) is 11.5 Å². The lowest BCUT2D eigenvalue weighted by molar-refractivity contribution is -0.134. The van der Waals surface area contributed by atoms with E-state index in [0.717, 1.165) is 35.4 Å². The molecule has 3 aromatic rings. The summed E-state index contributed by atoms with van der Waals surface area (Å²) in [7, 11) is 5.55. The summed E-state index contributed by atoms with van der Waals surface area (Å²) in [4.78, 5) is 25.9. The van der Waals surface area contributed by atoms with E-state index < -0.39 is 0 Å². The molecule has 33 heavy (non-hydrogen) atoms. The van der Waals surface area contributed by atoms with Gasteiger partial charge < -0.3 is 19.3 Å². The lowest BCUT2D eigenvalue weighted by atomic mass is 9.89. The molecule has 0 spiro atoms. The molecule has 1 aromatic heterocycles. The highest BCUT2D eigenvalue weighted by Crippen LogP contribution is 2.35. The first kappa shape index (κ1) is 22.6. The number of hydrogen-bond acceptors (Lipinski definition) is 6. The van der Waals surface area contributed by atoms with Gasteiger partial charge >= 0.3 is 0 Å². The normalized spacial score (nSPS) is 14.1. The number of aromatic nitrogens is 2. The van der Waals surface area contributed by atoms with Crippen molar-refractivity contribution in [3.8, 4) is 22.6 Å². The molecule has 1 aliphatic heterocycles. The predicted molar refractivity (Wildman–Crippen MR) is 129 cm³/mol. The van der Waals surface area contributed by atoms with Crippen LogP contribution in [-0.4, -0.2) is 61.7 Å². The Labute approximate surface area is 195 Å². The summed E-state index contributed by atoms with van der Waals surface area (Å²) in [6.07, 6.45) is 3.61. The van der Waals surface area contributed by atoms with Gasteiger partial charge in [-0.15, -0.1) is 0 Å². The third-order valence-electron chi connectivity index (χ3n) is 5.95. The van der Waals surface area contributed by atoms with E-state index in [1.807, 2.05) is 84.7 Å². The second-order valence-electron chi connectivity index (χ2n) is 8.35. The minimum absolute atomic E-state index is 0.0179. The van der Waals surface area contributed by atoms with E-state index in [2.05, 4.69) is 4.98 Å². The van der Waals surface area contributed by atoms with E-state index in [9.17, 15) is 4.79 Å². The molecule has 1 saturated heterocycles. The van der Waals surface area contributed by atoms with E-state index in [0.29, 0.717) is 24.8 Å². The number of piperidine rings is 1. The number of rotatable bonds is 7. The van der Waals surface area contributed by atoms with Crippen LogP contribution in [0.4, 0.5) is 5.95 Å². The number of amides is 1. The van der Waals surface area contributed by atoms with Crippen LogP contribution < -0.4 is 14.4 Å². The summed E-state index contributed by atoms with van der Waals surface area (Å²) < 4.78 is 10.9. The van der Waals surface area contributed by atoms with Gasteiger partial charge in [-0.2, -0.15) is 0 Å². The van der Waals surface area contributed by atoms with Crippen LogP contribution in [0.15, 0.2) is 60.8 Å². The molecule has 172 valence electrons. The molecular formula is C26H30N4O3. The number of nitrogens with zero attached hydrogens (tertiary/aromatic N) is 4. The molecule has 0 saturated carbocycles. The molecule has 0 aliphatic carbocycles. The second-order valence-corrected chi connectivity index (χ2v) is 8.35. The maximum absolute atomic E-state index is 12.7. The summed E-state index contributed by atoms with van der Waals surface area (Å²) >= 11 is 0. The van der Waals surface area contributed by atoms with Crippen LogP contribution in [0.1, 0.15) is 24.5 Å². The number of anilines is 1. The Morgan fingerprint density at radius 3 is 2.36 bits per heavy atom. The van der Waals surface area contributed by atoms with Crippen LogP contribution in [0, 0.1) is 0 Å². The first-order valence-electron chi connectivity index (χ1n) is 11.2. The van der Waals surface area contributed by atoms with Gasteiger partial charge in [0.2, 0.25) is 5.95 Å². The number of methoxy groups -OCH3 is 1. The number of hydrogen-bond donors (Lipinski definition) is 0. The number of benzene rings is 2. The van der Waals surface area contributed by atoms with Gasteiger partial charge in [0, 0.05) is 44.9 Å². The highest BCUT2D eigenvalue weighted by molar-refractivity contribution is 5.78. The predicted octanol–water partition coefficient (Wildman–Crippen LogP) is 4.00. The molecule has 1 fully saturated rings. The Bertz CT molecular complexity index is 1060. The Morgan fingerprint density at radius 1 is 1.03 bits per heavy atom. The molecule has 0 unspecified atom stereocenters. The zero-order valence-corrected chi connectivity index (χ0v) is 19.4. The van der Waals surface area contributed by atoms with Crippen molar-refractivity contribution < 1.29 is 14.3 Å². The fourth-order valence-corrected chi connectivity index (χ4v) is 4.06. The van der Waals surface area contributed by atoms with E-state index in [-0.39, 0.29) is 18.4 Å². The summed E-state index contributed by atoms with van der Waals surface area (Å²) in [5.74, 6) is 2.49. The smallest absolute Gasteiger partial charge is 0.260 e. The Hall–Kier alpha value is -3.61. The molecule has 4 rings (SSSR count). The maximum atomic E-state index is 12.7. The van der Waals surface area contributed by atoms with E-state index >= 15 is 0 Å². The van der Waals surface area contributed by atoms with Crippen LogP contribution >= 0.6 is 0 Å². The molecule has 1 amide bonds. The first-order valence-corrected chi connectivity index (χ1v) is 11.2. The summed E-state index contributed by atoms with van der Waals surface area (Å²) in [5, 5.41) is 0. The molecule has 1 aliphatic rings. The van der Waals surface area contributed by atoms with Crippen molar-refractivity contribution in [1.29, 1.82) is 0 Å². The standard InChI is InChI=1S/C26H30N4O3/c1-29(2)26-27-17-23(19-9-11-21(32-3)12-10-19)25(28-26)20-13-15-30(16-14-20)24(31)18-33-22-7-5-4-6-8-22/h4-12,17,20H,13-16,18H2,1-3H3. The maximum Gasteiger partial charge on any atom is 0.260 e. The molecule has 7 nitrogen and oxygen atoms in total. The number of para-hydroxylation sites is 1. The zero-order chi connectivity index (χ0) is 23.2. The van der Waals surface area contributed by atoms with Crippen molar-refractivity contribution >= 4 is 11.9 Å². The third kappa shape index (κ3) is 5.42. The number of carbonyl (C=O) groups is 1. The molecule has 0 atom stereocenters. The monoisotopic (exact) mass is 446 g/mol. The largest absolute Gasteiger partial charge is 0.497 e. The fourth-order valence-electron chi connectivity index (χ4n) is 4.06. The lowest BCUT2D eigenvalue weighted by Gasteiger charge is -2.32. The number of ether oxygens (including phenoxy) is 2. The van der Waals surface area contributed by atoms with E-state index in [4.69, 9.17) is 14.5 Å². The molecule has 7 heteroatoms. The summed E-state index contributed by atoms with van der Waals surface area (Å²) in [5.41, 5.74) is 3.12. The Balaban J connectivity index is 1.47. The van der Waals surface area contributed by atoms with E-state index in [1.54, 1.807) is 7.11 Å². The molecular weight excluding hydrogens is 416 g/mol. The van der Waals surface area contributed by atoms with Crippen LogP contribution in [0.3, 0.4) is 0 Å². The van der Waals surface area contributed by atoms with Crippen molar-refractivity contribution in [2.75, 3.05) is 45.8 Å². The van der Waals surface area contributed by atoms with Crippen molar-refractivity contribution in [2.45, 2.75) is 18.8 Å². The number of carbonyl (C=O) groups excluding carboxylic acids is 1. The van der Waals surface area contributed by atoms with Crippen molar-refractivity contribution in [1.82, 2.24) is 14.9 Å². The van der Waals surface area contributed by atoms with Gasteiger partial charge in [0.05, 0.1) is 12.8 Å². The molecule has 2 aromatic carbocycles. The average molecular weight is 447 g/mol. The average Bonchev–Trinajstić information content (AvgIpc) is 2.87. The minimum atomic E-state index is 0.0179. The van der Waals surface area contributed by atoms with Crippen LogP contribution in [0.2, 0.25) is 0 Å². The summed E-state index contributed by atoms with van der Waals surface area (Å²) in [6.45, 7) is 1.43. The second kappa shape index (κ2) is 10.3. The first-order chi connectivity index (χ1) is 16.0. The van der Waals surface area contributed by atoms with E-state index in [1.165, 1.54) is 0 Å². The molecule has 2 heterocycles. The van der Waals surface area contributed by atoms with Gasteiger partial charge in [0.15, 0.2) is 6.61 Å². The highest BCUT2D eigenvalue weighted by atomic mass is 16.5. The van der Waals surface area contributed by atoms with Crippen LogP contribution in [0.25, 0.3) is 11.1 Å². The molecule has 0 radical (unpaired) electrons. The van der Waals surface area contributed by atoms with Crippen LogP contribution in [-0.2, 0) is 4.79 Å². The minimum Gasteiger partial charge on any atom is -0.497 e. The van der Waals surface area contributed by atoms with Gasteiger partial charge in [-0.3, -0.25) is 4.79 Å². The van der Waals surface area contributed by atoms with Crippen molar-refractivity contribution in [3.05, 3.63) is 66.5 Å². The van der Waals surface area contributed by atoms with Crippen molar-refractivity contribution in [3.63, 3.8) is 0 Å². The van der Waals surface area contributed by atoms with Gasteiger partial charge in [-0.1, -0.05) is 30.3 Å². The topological polar surface area (TPSA) is 67.8 Å². The van der Waals surface area contributed by atoms with Gasteiger partial charge in [-0.25, -0.2) is 9.97 Å². The Kier molecular flexibility index (Phi) is 7.07. The zero-order valence-electron chi connectivity index (χ0n) is 19.4. The van der Waals surface area contributed by atoms with Gasteiger partial charge in [-0.05, 0) is 42.7 Å². The molecule has 0 bridgehead atoms. The SMILES string of the molecule is COc1ccc(-c2cnc(N(C)C)nc2C2CCN(C(=O)COc3ccccc3)CC2)cc1. The van der Waals surface area contributed by atoms with Crippen LogP contribution in [0.5, 0.6) is 11.5 Å². The summed E-state index contributed by atoms with van der Waals surface area (Å²) in [6, 6.07) is 17.4. The lowest BCUT2D eigenvalue weighted by Crippen LogP contribution is -2.40. The molecule has 0 N–H and O–H groups in total. The quantitative estimate of drug-likeness (QED) is 0.546. The van der Waals surface area contributed by atoms with Crippen molar-refractivity contribution in [2.24, 2.45) is 0 Å².